The van der Waals surface area contributed by atoms with Crippen LogP contribution >= 0.6 is 0 Å². The van der Waals surface area contributed by atoms with Crippen LogP contribution in [-0.4, -0.2) is 35.1 Å². The highest BCUT2D eigenvalue weighted by atomic mass is 16.5. The summed E-state index contributed by atoms with van der Waals surface area (Å²) in [6.07, 6.45) is 1.68. The topological polar surface area (TPSA) is 131 Å². The second-order valence-corrected chi connectivity index (χ2v) is 6.61. The quantitative estimate of drug-likeness (QED) is 0.400. The molecule has 4 aromatic rings. The molecule has 2 heterocycles. The maximum Gasteiger partial charge on any atom is 0.417 e. The van der Waals surface area contributed by atoms with E-state index in [1.54, 1.807) is 42.6 Å². The summed E-state index contributed by atoms with van der Waals surface area (Å²) < 4.78 is 15.0. The highest BCUT2D eigenvalue weighted by Gasteiger charge is 2.14. The Hall–Kier alpha value is -4.34. The highest BCUT2D eigenvalue weighted by molar-refractivity contribution is 5.93. The van der Waals surface area contributed by atoms with Crippen LogP contribution in [0, 0.1) is 6.92 Å². The predicted octanol–water partition coefficient (Wildman–Crippen LogP) is 3.50. The molecule has 0 saturated heterocycles. The van der Waals surface area contributed by atoms with Gasteiger partial charge in [-0.05, 0) is 37.3 Å². The number of methoxy groups -OCH3 is 2. The first-order chi connectivity index (χ1) is 15.0. The van der Waals surface area contributed by atoms with Gasteiger partial charge < -0.3 is 24.5 Å². The zero-order valence-electron chi connectivity index (χ0n) is 17.0. The molecule has 0 unspecified atom stereocenters. The van der Waals surface area contributed by atoms with Crippen molar-refractivity contribution in [3.05, 3.63) is 64.3 Å². The van der Waals surface area contributed by atoms with Gasteiger partial charge in [0.25, 0.3) is 0 Å². The van der Waals surface area contributed by atoms with Crippen molar-refractivity contribution in [2.75, 3.05) is 24.9 Å². The minimum absolute atomic E-state index is 0.315. The molecule has 10 heteroatoms. The molecule has 0 aliphatic heterocycles. The molecule has 0 amide bonds. The predicted molar refractivity (Wildman–Crippen MR) is 115 cm³/mol. The second-order valence-electron chi connectivity index (χ2n) is 6.61. The molecule has 158 valence electrons. The SMILES string of the molecule is COC(=O)c1ccc(Nc2ncc(C)c(Nc3ccc4oc(=O)[nH]c4c3)n2)cc1OC. The molecule has 31 heavy (non-hydrogen) atoms. The van der Waals surface area contributed by atoms with Gasteiger partial charge in [0.05, 0.1) is 19.7 Å². The van der Waals surface area contributed by atoms with E-state index < -0.39 is 11.7 Å². The molecule has 2 aromatic heterocycles. The van der Waals surface area contributed by atoms with Crippen LogP contribution in [-0.2, 0) is 4.74 Å². The molecule has 0 atom stereocenters. The lowest BCUT2D eigenvalue weighted by Gasteiger charge is -2.12. The average molecular weight is 421 g/mol. The first-order valence-corrected chi connectivity index (χ1v) is 9.24. The standard InChI is InChI=1S/C21H19N5O5/c1-11-10-22-20(24-13-4-6-14(19(27)30-3)17(9-13)29-2)26-18(11)23-12-5-7-16-15(8-12)25-21(28)31-16/h4-10H,1-3H3,(H,25,28)(H2,22,23,24,26). The van der Waals surface area contributed by atoms with Crippen LogP contribution in [0.5, 0.6) is 5.75 Å². The number of rotatable bonds is 6. The number of hydrogen-bond acceptors (Lipinski definition) is 9. The Morgan fingerprint density at radius 3 is 2.65 bits per heavy atom. The average Bonchev–Trinajstić information content (AvgIpc) is 3.14. The minimum atomic E-state index is -0.509. The number of ether oxygens (including phenoxy) is 2. The van der Waals surface area contributed by atoms with Gasteiger partial charge in [0.15, 0.2) is 5.58 Å². The van der Waals surface area contributed by atoms with Gasteiger partial charge in [0.1, 0.15) is 17.1 Å². The van der Waals surface area contributed by atoms with Crippen molar-refractivity contribution in [2.24, 2.45) is 0 Å². The van der Waals surface area contributed by atoms with E-state index in [4.69, 9.17) is 13.9 Å². The van der Waals surface area contributed by atoms with Crippen molar-refractivity contribution >= 4 is 40.2 Å². The fraction of sp³-hybridized carbons (Fsp3) is 0.143. The Balaban J connectivity index is 1.58. The normalized spacial score (nSPS) is 10.7. The highest BCUT2D eigenvalue weighted by Crippen LogP contribution is 2.27. The third-order valence-corrected chi connectivity index (χ3v) is 4.52. The molecular formula is C21H19N5O5. The number of fused-ring (bicyclic) bond motifs is 1. The van der Waals surface area contributed by atoms with E-state index in [2.05, 4.69) is 25.6 Å². The number of anilines is 4. The van der Waals surface area contributed by atoms with Crippen molar-refractivity contribution in [2.45, 2.75) is 6.92 Å². The lowest BCUT2D eigenvalue weighted by molar-refractivity contribution is 0.0597. The molecule has 0 radical (unpaired) electrons. The first-order valence-electron chi connectivity index (χ1n) is 9.24. The van der Waals surface area contributed by atoms with Gasteiger partial charge in [-0.2, -0.15) is 4.98 Å². The molecule has 4 rings (SSSR count). The zero-order chi connectivity index (χ0) is 22.0. The Bertz CT molecular complexity index is 1330. The van der Waals surface area contributed by atoms with E-state index in [-0.39, 0.29) is 0 Å². The number of carbonyl (C=O) groups excluding carboxylic acids is 1. The molecule has 0 fully saturated rings. The van der Waals surface area contributed by atoms with E-state index >= 15 is 0 Å². The maximum atomic E-state index is 11.8. The van der Waals surface area contributed by atoms with Crippen LogP contribution in [0.1, 0.15) is 15.9 Å². The third kappa shape index (κ3) is 4.17. The summed E-state index contributed by atoms with van der Waals surface area (Å²) in [5, 5.41) is 6.31. The Labute approximate surface area is 176 Å². The first kappa shape index (κ1) is 20.0. The summed E-state index contributed by atoms with van der Waals surface area (Å²) in [5.74, 6) is 0.298. The Kier molecular flexibility index (Phi) is 5.27. The second kappa shape index (κ2) is 8.19. The van der Waals surface area contributed by atoms with Gasteiger partial charge in [-0.1, -0.05) is 0 Å². The molecule has 0 bridgehead atoms. The van der Waals surface area contributed by atoms with Crippen LogP contribution in [0.4, 0.5) is 23.1 Å². The molecule has 3 N–H and O–H groups in total. The minimum Gasteiger partial charge on any atom is -0.496 e. The van der Waals surface area contributed by atoms with E-state index in [0.29, 0.717) is 39.9 Å². The van der Waals surface area contributed by atoms with Crippen molar-refractivity contribution in [3.8, 4) is 5.75 Å². The van der Waals surface area contributed by atoms with Crippen molar-refractivity contribution in [1.29, 1.82) is 0 Å². The number of oxazole rings is 1. The van der Waals surface area contributed by atoms with Gasteiger partial charge in [-0.25, -0.2) is 14.6 Å². The van der Waals surface area contributed by atoms with E-state index in [0.717, 1.165) is 11.3 Å². The number of nitrogens with zero attached hydrogens (tertiary/aromatic N) is 2. The fourth-order valence-electron chi connectivity index (χ4n) is 2.97. The van der Waals surface area contributed by atoms with Crippen LogP contribution in [0.2, 0.25) is 0 Å². The summed E-state index contributed by atoms with van der Waals surface area (Å²) in [6, 6.07) is 10.2. The summed E-state index contributed by atoms with van der Waals surface area (Å²) in [7, 11) is 2.78. The number of aromatic amines is 1. The third-order valence-electron chi connectivity index (χ3n) is 4.52. The molecule has 0 aliphatic carbocycles. The largest absolute Gasteiger partial charge is 0.496 e. The van der Waals surface area contributed by atoms with Crippen LogP contribution < -0.4 is 21.1 Å². The fourth-order valence-corrected chi connectivity index (χ4v) is 2.97. The number of esters is 1. The summed E-state index contributed by atoms with van der Waals surface area (Å²) >= 11 is 0. The number of nitrogens with one attached hydrogen (secondary N) is 3. The zero-order valence-corrected chi connectivity index (χ0v) is 17.0. The number of carbonyl (C=O) groups is 1. The van der Waals surface area contributed by atoms with Crippen molar-refractivity contribution in [1.82, 2.24) is 15.0 Å². The smallest absolute Gasteiger partial charge is 0.417 e. The van der Waals surface area contributed by atoms with Crippen molar-refractivity contribution in [3.63, 3.8) is 0 Å². The lowest BCUT2D eigenvalue weighted by atomic mass is 10.2. The van der Waals surface area contributed by atoms with E-state index in [1.165, 1.54) is 14.2 Å². The summed E-state index contributed by atoms with van der Waals surface area (Å²) in [6.45, 7) is 1.87. The van der Waals surface area contributed by atoms with E-state index in [9.17, 15) is 9.59 Å². The van der Waals surface area contributed by atoms with Crippen LogP contribution in [0.15, 0.2) is 51.8 Å². The molecule has 0 saturated carbocycles. The van der Waals surface area contributed by atoms with Crippen molar-refractivity contribution < 1.29 is 18.7 Å². The van der Waals surface area contributed by atoms with Crippen LogP contribution in [0.25, 0.3) is 11.1 Å². The van der Waals surface area contributed by atoms with Gasteiger partial charge in [0.2, 0.25) is 5.95 Å². The van der Waals surface area contributed by atoms with Gasteiger partial charge in [0, 0.05) is 29.2 Å². The molecular weight excluding hydrogens is 402 g/mol. The molecule has 0 spiro atoms. The maximum absolute atomic E-state index is 11.8. The molecule has 0 aliphatic rings. The van der Waals surface area contributed by atoms with E-state index in [1.807, 2.05) is 6.92 Å². The van der Waals surface area contributed by atoms with Gasteiger partial charge in [-0.3, -0.25) is 4.98 Å². The number of benzene rings is 2. The summed E-state index contributed by atoms with van der Waals surface area (Å²) in [5.41, 5.74) is 3.55. The molecule has 10 nitrogen and oxygen atoms in total. The van der Waals surface area contributed by atoms with Gasteiger partial charge in [-0.15, -0.1) is 0 Å². The Morgan fingerprint density at radius 1 is 1.10 bits per heavy atom. The summed E-state index contributed by atoms with van der Waals surface area (Å²) in [4.78, 5) is 34.6. The number of hydrogen-bond donors (Lipinski definition) is 3. The number of aromatic nitrogens is 3. The monoisotopic (exact) mass is 421 g/mol. The number of H-pyrrole nitrogens is 1. The van der Waals surface area contributed by atoms with Gasteiger partial charge >= 0.3 is 11.7 Å². The van der Waals surface area contributed by atoms with Crippen LogP contribution in [0.3, 0.4) is 0 Å². The molecule has 2 aromatic carbocycles. The Morgan fingerprint density at radius 2 is 1.87 bits per heavy atom. The number of aryl methyl sites for hydroxylation is 1. The lowest BCUT2D eigenvalue weighted by Crippen LogP contribution is -2.06.